The van der Waals surface area contributed by atoms with Gasteiger partial charge in [0, 0.05) is 30.7 Å². The van der Waals surface area contributed by atoms with Gasteiger partial charge in [-0.2, -0.15) is 0 Å². The van der Waals surface area contributed by atoms with Crippen LogP contribution < -0.4 is 5.32 Å². The first-order valence-corrected chi connectivity index (χ1v) is 8.68. The Morgan fingerprint density at radius 1 is 1.05 bits per heavy atom. The molecule has 0 bridgehead atoms. The van der Waals surface area contributed by atoms with Crippen molar-refractivity contribution in [3.63, 3.8) is 0 Å². The van der Waals surface area contributed by atoms with Gasteiger partial charge in [0.2, 0.25) is 0 Å². The van der Waals surface area contributed by atoms with Crippen LogP contribution in [0.3, 0.4) is 0 Å². The zero-order chi connectivity index (χ0) is 15.0. The first kappa shape index (κ1) is 16.3. The van der Waals surface area contributed by atoms with E-state index in [-0.39, 0.29) is 0 Å². The Morgan fingerprint density at radius 3 is 2.15 bits per heavy atom. The van der Waals surface area contributed by atoms with Crippen molar-refractivity contribution in [1.29, 1.82) is 0 Å². The van der Waals surface area contributed by atoms with Crippen molar-refractivity contribution in [3.8, 4) is 0 Å². The van der Waals surface area contributed by atoms with Crippen LogP contribution in [-0.2, 0) is 0 Å². The van der Waals surface area contributed by atoms with Crippen molar-refractivity contribution in [2.24, 2.45) is 11.3 Å². The summed E-state index contributed by atoms with van der Waals surface area (Å²) in [5.74, 6) is 0.833. The summed E-state index contributed by atoms with van der Waals surface area (Å²) in [6, 6.07) is 1.51. The van der Waals surface area contributed by atoms with Gasteiger partial charge < -0.3 is 5.32 Å². The van der Waals surface area contributed by atoms with Gasteiger partial charge in [0.1, 0.15) is 0 Å². The minimum atomic E-state index is 0.340. The van der Waals surface area contributed by atoms with Crippen molar-refractivity contribution in [3.05, 3.63) is 0 Å². The summed E-state index contributed by atoms with van der Waals surface area (Å²) < 4.78 is 0. The van der Waals surface area contributed by atoms with Crippen LogP contribution in [0.2, 0.25) is 0 Å². The van der Waals surface area contributed by atoms with Crippen molar-refractivity contribution in [2.45, 2.75) is 91.3 Å². The van der Waals surface area contributed by atoms with Crippen LogP contribution in [0.25, 0.3) is 0 Å². The molecule has 2 aliphatic rings. The third-order valence-electron chi connectivity index (χ3n) is 5.59. The lowest BCUT2D eigenvalue weighted by Gasteiger charge is -2.44. The second kappa shape index (κ2) is 5.96. The molecule has 2 atom stereocenters. The summed E-state index contributed by atoms with van der Waals surface area (Å²) in [7, 11) is 0. The lowest BCUT2D eigenvalue weighted by atomic mass is 9.70. The van der Waals surface area contributed by atoms with Gasteiger partial charge in [0.25, 0.3) is 0 Å². The highest BCUT2D eigenvalue weighted by molar-refractivity contribution is 4.91. The number of piperidine rings is 1. The lowest BCUT2D eigenvalue weighted by Crippen LogP contribution is -2.53. The monoisotopic (exact) mass is 280 g/mol. The number of rotatable bonds is 2. The fourth-order valence-corrected chi connectivity index (χ4v) is 4.21. The van der Waals surface area contributed by atoms with Crippen LogP contribution in [0.5, 0.6) is 0 Å². The Labute approximate surface area is 126 Å². The Balaban J connectivity index is 1.79. The molecule has 1 aliphatic heterocycles. The maximum Gasteiger partial charge on any atom is 0.0125 e. The molecular weight excluding hydrogens is 244 g/mol. The molecular formula is C18H36N2. The summed E-state index contributed by atoms with van der Waals surface area (Å²) >= 11 is 0. The van der Waals surface area contributed by atoms with Crippen molar-refractivity contribution in [2.75, 3.05) is 13.1 Å². The molecule has 20 heavy (non-hydrogen) atoms. The van der Waals surface area contributed by atoms with E-state index < -0.39 is 0 Å². The number of nitrogens with one attached hydrogen (secondary N) is 1. The Bertz CT molecular complexity index is 308. The molecule has 0 aromatic carbocycles. The number of hydrogen-bond donors (Lipinski definition) is 1. The molecule has 1 saturated carbocycles. The van der Waals surface area contributed by atoms with E-state index in [0.717, 1.165) is 18.0 Å². The van der Waals surface area contributed by atoms with Gasteiger partial charge in [-0.1, -0.05) is 20.8 Å². The van der Waals surface area contributed by atoms with E-state index in [4.69, 9.17) is 0 Å². The quantitative estimate of drug-likeness (QED) is 0.821. The highest BCUT2D eigenvalue weighted by Gasteiger charge is 2.34. The van der Waals surface area contributed by atoms with Gasteiger partial charge in [0.05, 0.1) is 0 Å². The standard InChI is InChI=1S/C18H36N2/c1-14-13-18(5,6)10-7-16(14)19-15-8-11-20(12-9-15)17(2,3)4/h14-16,19H,7-13H2,1-6H3. The molecule has 118 valence electrons. The molecule has 1 saturated heterocycles. The molecule has 2 nitrogen and oxygen atoms in total. The van der Waals surface area contributed by atoms with E-state index in [1.165, 1.54) is 45.2 Å². The van der Waals surface area contributed by atoms with E-state index in [1.54, 1.807) is 0 Å². The fraction of sp³-hybridized carbons (Fsp3) is 1.00. The van der Waals surface area contributed by atoms with E-state index in [9.17, 15) is 0 Å². The average molecular weight is 281 g/mol. The molecule has 0 aromatic heterocycles. The molecule has 0 amide bonds. The van der Waals surface area contributed by atoms with Crippen molar-refractivity contribution < 1.29 is 0 Å². The smallest absolute Gasteiger partial charge is 0.0125 e. The van der Waals surface area contributed by atoms with Crippen LogP contribution in [0.1, 0.15) is 73.6 Å². The SMILES string of the molecule is CC1CC(C)(C)CCC1NC1CCN(C(C)(C)C)CC1. The lowest BCUT2D eigenvalue weighted by molar-refractivity contribution is 0.0813. The Kier molecular flexibility index (Phi) is 4.86. The first-order chi connectivity index (χ1) is 9.17. The highest BCUT2D eigenvalue weighted by Crippen LogP contribution is 2.38. The number of nitrogens with zero attached hydrogens (tertiary/aromatic N) is 1. The largest absolute Gasteiger partial charge is 0.311 e. The summed E-state index contributed by atoms with van der Waals surface area (Å²) in [6.45, 7) is 16.8. The molecule has 1 aliphatic carbocycles. The van der Waals surface area contributed by atoms with Gasteiger partial charge in [-0.05, 0) is 64.2 Å². The molecule has 1 heterocycles. The van der Waals surface area contributed by atoms with Crippen LogP contribution >= 0.6 is 0 Å². The molecule has 2 rings (SSSR count). The summed E-state index contributed by atoms with van der Waals surface area (Å²) in [5, 5.41) is 3.99. The normalized spacial score (nSPS) is 33.3. The second-order valence-corrected chi connectivity index (χ2v) is 9.09. The zero-order valence-corrected chi connectivity index (χ0v) is 14.6. The molecule has 0 spiro atoms. The molecule has 2 unspecified atom stereocenters. The third kappa shape index (κ3) is 4.21. The van der Waals surface area contributed by atoms with Gasteiger partial charge in [-0.15, -0.1) is 0 Å². The second-order valence-electron chi connectivity index (χ2n) is 9.09. The number of hydrogen-bond acceptors (Lipinski definition) is 2. The fourth-order valence-electron chi connectivity index (χ4n) is 4.21. The summed E-state index contributed by atoms with van der Waals surface area (Å²) in [6.07, 6.45) is 6.78. The van der Waals surface area contributed by atoms with Gasteiger partial charge in [-0.3, -0.25) is 4.90 Å². The third-order valence-corrected chi connectivity index (χ3v) is 5.59. The Hall–Kier alpha value is -0.0800. The van der Waals surface area contributed by atoms with Crippen LogP contribution in [0, 0.1) is 11.3 Å². The van der Waals surface area contributed by atoms with Crippen molar-refractivity contribution >= 4 is 0 Å². The highest BCUT2D eigenvalue weighted by atomic mass is 15.2. The Morgan fingerprint density at radius 2 is 1.65 bits per heavy atom. The predicted molar refractivity (Wildman–Crippen MR) is 88.1 cm³/mol. The summed E-state index contributed by atoms with van der Waals surface area (Å²) in [5.41, 5.74) is 0.903. The number of likely N-dealkylation sites (tertiary alicyclic amines) is 1. The van der Waals surface area contributed by atoms with E-state index >= 15 is 0 Å². The molecule has 0 radical (unpaired) electrons. The maximum atomic E-state index is 3.99. The van der Waals surface area contributed by atoms with E-state index in [2.05, 4.69) is 51.8 Å². The topological polar surface area (TPSA) is 15.3 Å². The minimum absolute atomic E-state index is 0.340. The predicted octanol–water partition coefficient (Wildman–Crippen LogP) is 4.05. The minimum Gasteiger partial charge on any atom is -0.311 e. The van der Waals surface area contributed by atoms with Gasteiger partial charge in [0.15, 0.2) is 0 Å². The van der Waals surface area contributed by atoms with Crippen LogP contribution in [0.15, 0.2) is 0 Å². The van der Waals surface area contributed by atoms with Crippen LogP contribution in [0.4, 0.5) is 0 Å². The van der Waals surface area contributed by atoms with Gasteiger partial charge >= 0.3 is 0 Å². The van der Waals surface area contributed by atoms with E-state index in [0.29, 0.717) is 11.0 Å². The first-order valence-electron chi connectivity index (χ1n) is 8.68. The molecule has 0 aromatic rings. The van der Waals surface area contributed by atoms with Gasteiger partial charge in [-0.25, -0.2) is 0 Å². The van der Waals surface area contributed by atoms with Crippen molar-refractivity contribution in [1.82, 2.24) is 10.2 Å². The maximum absolute atomic E-state index is 3.99. The summed E-state index contributed by atoms with van der Waals surface area (Å²) in [4.78, 5) is 2.64. The van der Waals surface area contributed by atoms with Crippen LogP contribution in [-0.4, -0.2) is 35.6 Å². The van der Waals surface area contributed by atoms with E-state index in [1.807, 2.05) is 0 Å². The molecule has 2 heteroatoms. The average Bonchev–Trinajstić information content (AvgIpc) is 2.32. The molecule has 2 fully saturated rings. The molecule has 1 N–H and O–H groups in total. The zero-order valence-electron chi connectivity index (χ0n) is 14.6.